The lowest BCUT2D eigenvalue weighted by atomic mass is 9.97. The van der Waals surface area contributed by atoms with Crippen LogP contribution in [0.3, 0.4) is 0 Å². The van der Waals surface area contributed by atoms with E-state index >= 15 is 0 Å². The van der Waals surface area contributed by atoms with Gasteiger partial charge in [0.15, 0.2) is 0 Å². The molecule has 0 radical (unpaired) electrons. The van der Waals surface area contributed by atoms with E-state index < -0.39 is 0 Å². The Morgan fingerprint density at radius 2 is 2.00 bits per heavy atom. The van der Waals surface area contributed by atoms with Gasteiger partial charge in [-0.2, -0.15) is 0 Å². The minimum absolute atomic E-state index is 0. The topological polar surface area (TPSA) is 87.5 Å². The molecular formula is C16H25ClN4O2. The zero-order chi connectivity index (χ0) is 15.8. The summed E-state index contributed by atoms with van der Waals surface area (Å²) in [5.41, 5.74) is 6.18. The van der Waals surface area contributed by atoms with Gasteiger partial charge in [-0.3, -0.25) is 4.79 Å². The van der Waals surface area contributed by atoms with E-state index in [1.807, 2.05) is 30.3 Å². The molecule has 1 aromatic rings. The molecular weight excluding hydrogens is 316 g/mol. The minimum atomic E-state index is -0.148. The predicted molar refractivity (Wildman–Crippen MR) is 93.7 cm³/mol. The molecule has 1 aromatic carbocycles. The van der Waals surface area contributed by atoms with Crippen LogP contribution >= 0.6 is 12.4 Å². The van der Waals surface area contributed by atoms with Gasteiger partial charge in [-0.15, -0.1) is 12.4 Å². The third kappa shape index (κ3) is 6.08. The number of likely N-dealkylation sites (tertiary alicyclic amines) is 1. The molecule has 0 bridgehead atoms. The Bertz CT molecular complexity index is 498. The summed E-state index contributed by atoms with van der Waals surface area (Å²) in [5, 5.41) is 5.75. The maximum Gasteiger partial charge on any atom is 0.321 e. The van der Waals surface area contributed by atoms with Gasteiger partial charge in [-0.25, -0.2) is 4.79 Å². The van der Waals surface area contributed by atoms with Crippen LogP contribution in [0.4, 0.5) is 10.5 Å². The summed E-state index contributed by atoms with van der Waals surface area (Å²) in [4.78, 5) is 26.1. The van der Waals surface area contributed by atoms with E-state index in [0.717, 1.165) is 24.9 Å². The van der Waals surface area contributed by atoms with Crippen LogP contribution in [0, 0.1) is 5.92 Å². The Balaban J connectivity index is 0.00000264. The van der Waals surface area contributed by atoms with Gasteiger partial charge in [0.25, 0.3) is 0 Å². The maximum absolute atomic E-state index is 12.3. The van der Waals surface area contributed by atoms with Crippen molar-refractivity contribution in [1.29, 1.82) is 0 Å². The first kappa shape index (κ1) is 19.3. The molecule has 128 valence electrons. The first-order chi connectivity index (χ1) is 10.7. The lowest BCUT2D eigenvalue weighted by Gasteiger charge is -2.32. The van der Waals surface area contributed by atoms with Gasteiger partial charge in [0.1, 0.15) is 0 Å². The van der Waals surface area contributed by atoms with E-state index in [2.05, 4.69) is 10.6 Å². The fourth-order valence-corrected chi connectivity index (χ4v) is 2.56. The normalized spacial score (nSPS) is 17.1. The number of amides is 3. The van der Waals surface area contributed by atoms with Crippen LogP contribution in [0.5, 0.6) is 0 Å². The van der Waals surface area contributed by atoms with Gasteiger partial charge in [0.2, 0.25) is 5.91 Å². The van der Waals surface area contributed by atoms with Crippen molar-refractivity contribution in [1.82, 2.24) is 10.2 Å². The number of carbonyl (C=O) groups excluding carboxylic acids is 2. The van der Waals surface area contributed by atoms with Gasteiger partial charge in [-0.05, 0) is 37.9 Å². The standard InChI is InChI=1S/C16H24N4O2.ClH/c17-9-5-10-18-15(21)13-6-4-11-20(12-13)16(22)19-14-7-2-1-3-8-14;/h1-3,7-8,13H,4-6,9-12,17H2,(H,18,21)(H,19,22);1H. The largest absolute Gasteiger partial charge is 0.356 e. The Labute approximate surface area is 143 Å². The van der Waals surface area contributed by atoms with Crippen molar-refractivity contribution in [2.45, 2.75) is 19.3 Å². The Hall–Kier alpha value is -1.79. The number of urea groups is 1. The number of nitrogens with zero attached hydrogens (tertiary/aromatic N) is 1. The molecule has 1 atom stereocenters. The van der Waals surface area contributed by atoms with Crippen LogP contribution in [0.2, 0.25) is 0 Å². The average Bonchev–Trinajstić information content (AvgIpc) is 2.56. The van der Waals surface area contributed by atoms with E-state index in [9.17, 15) is 9.59 Å². The SMILES string of the molecule is Cl.NCCCNC(=O)C1CCCN(C(=O)Nc2ccccc2)C1. The number of hydrogen-bond donors (Lipinski definition) is 3. The number of nitrogens with two attached hydrogens (primary N) is 1. The summed E-state index contributed by atoms with van der Waals surface area (Å²) in [5.74, 6) is -0.112. The van der Waals surface area contributed by atoms with Gasteiger partial charge in [0.05, 0.1) is 5.92 Å². The zero-order valence-electron chi connectivity index (χ0n) is 13.2. The molecule has 1 fully saturated rings. The highest BCUT2D eigenvalue weighted by Crippen LogP contribution is 2.18. The molecule has 1 saturated heterocycles. The van der Waals surface area contributed by atoms with Crippen molar-refractivity contribution >= 4 is 30.0 Å². The van der Waals surface area contributed by atoms with Crippen molar-refractivity contribution in [3.8, 4) is 0 Å². The van der Waals surface area contributed by atoms with Crippen LogP contribution in [0.1, 0.15) is 19.3 Å². The third-order valence-electron chi connectivity index (χ3n) is 3.78. The fraction of sp³-hybridized carbons (Fsp3) is 0.500. The number of nitrogens with one attached hydrogen (secondary N) is 2. The van der Waals surface area contributed by atoms with Crippen molar-refractivity contribution in [3.05, 3.63) is 30.3 Å². The maximum atomic E-state index is 12.3. The molecule has 2 rings (SSSR count). The molecule has 7 heteroatoms. The minimum Gasteiger partial charge on any atom is -0.356 e. The fourth-order valence-electron chi connectivity index (χ4n) is 2.56. The van der Waals surface area contributed by atoms with E-state index in [4.69, 9.17) is 5.73 Å². The molecule has 4 N–H and O–H groups in total. The molecule has 1 aliphatic heterocycles. The summed E-state index contributed by atoms with van der Waals surface area (Å²) >= 11 is 0. The number of carbonyl (C=O) groups is 2. The smallest absolute Gasteiger partial charge is 0.321 e. The first-order valence-electron chi connectivity index (χ1n) is 7.79. The number of rotatable bonds is 5. The molecule has 0 saturated carbocycles. The molecule has 0 spiro atoms. The second kappa shape index (κ2) is 10.1. The summed E-state index contributed by atoms with van der Waals surface area (Å²) < 4.78 is 0. The van der Waals surface area contributed by atoms with Crippen molar-refractivity contribution < 1.29 is 9.59 Å². The van der Waals surface area contributed by atoms with E-state index in [1.54, 1.807) is 4.90 Å². The molecule has 0 aromatic heterocycles. The number of piperidine rings is 1. The number of para-hydroxylation sites is 1. The van der Waals surface area contributed by atoms with Crippen LogP contribution in [-0.4, -0.2) is 43.0 Å². The van der Waals surface area contributed by atoms with Gasteiger partial charge >= 0.3 is 6.03 Å². The number of benzene rings is 1. The second-order valence-electron chi connectivity index (χ2n) is 5.51. The molecule has 0 aliphatic carbocycles. The summed E-state index contributed by atoms with van der Waals surface area (Å²) in [7, 11) is 0. The molecule has 6 nitrogen and oxygen atoms in total. The highest BCUT2D eigenvalue weighted by molar-refractivity contribution is 5.90. The summed E-state index contributed by atoms with van der Waals surface area (Å²) in [6.07, 6.45) is 2.44. The van der Waals surface area contributed by atoms with E-state index in [1.165, 1.54) is 0 Å². The van der Waals surface area contributed by atoms with Crippen LogP contribution < -0.4 is 16.4 Å². The van der Waals surface area contributed by atoms with Crippen molar-refractivity contribution in [2.75, 3.05) is 31.5 Å². The van der Waals surface area contributed by atoms with Gasteiger partial charge < -0.3 is 21.3 Å². The van der Waals surface area contributed by atoms with Crippen molar-refractivity contribution in [3.63, 3.8) is 0 Å². The van der Waals surface area contributed by atoms with Crippen molar-refractivity contribution in [2.24, 2.45) is 11.7 Å². The highest BCUT2D eigenvalue weighted by Gasteiger charge is 2.28. The molecule has 1 unspecified atom stereocenters. The summed E-state index contributed by atoms with van der Waals surface area (Å²) in [6, 6.07) is 9.19. The lowest BCUT2D eigenvalue weighted by Crippen LogP contribution is -2.47. The van der Waals surface area contributed by atoms with E-state index in [-0.39, 0.29) is 30.3 Å². The Morgan fingerprint density at radius 1 is 1.26 bits per heavy atom. The first-order valence-corrected chi connectivity index (χ1v) is 7.79. The number of anilines is 1. The van der Waals surface area contributed by atoms with Gasteiger partial charge in [-0.1, -0.05) is 18.2 Å². The number of halogens is 1. The molecule has 23 heavy (non-hydrogen) atoms. The third-order valence-corrected chi connectivity index (χ3v) is 3.78. The average molecular weight is 341 g/mol. The quantitative estimate of drug-likeness (QED) is 0.714. The lowest BCUT2D eigenvalue weighted by molar-refractivity contribution is -0.126. The monoisotopic (exact) mass is 340 g/mol. The Morgan fingerprint density at radius 3 is 2.70 bits per heavy atom. The van der Waals surface area contributed by atoms with Crippen LogP contribution in [-0.2, 0) is 4.79 Å². The van der Waals surface area contributed by atoms with Crippen LogP contribution in [0.25, 0.3) is 0 Å². The second-order valence-corrected chi connectivity index (χ2v) is 5.51. The predicted octanol–water partition coefficient (Wildman–Crippen LogP) is 1.82. The molecule has 1 heterocycles. The summed E-state index contributed by atoms with van der Waals surface area (Å²) in [6.45, 7) is 2.32. The van der Waals surface area contributed by atoms with Gasteiger partial charge in [0, 0.05) is 25.3 Å². The van der Waals surface area contributed by atoms with E-state index in [0.29, 0.717) is 26.2 Å². The zero-order valence-corrected chi connectivity index (χ0v) is 14.0. The molecule has 3 amide bonds. The van der Waals surface area contributed by atoms with Crippen LogP contribution in [0.15, 0.2) is 30.3 Å². The Kier molecular flexibility index (Phi) is 8.43. The number of hydrogen-bond acceptors (Lipinski definition) is 3. The highest BCUT2D eigenvalue weighted by atomic mass is 35.5. The molecule has 1 aliphatic rings.